The van der Waals surface area contributed by atoms with Gasteiger partial charge in [-0.1, -0.05) is 0 Å². The number of aliphatic carboxylic acids is 1. The van der Waals surface area contributed by atoms with Crippen molar-refractivity contribution in [2.45, 2.75) is 26.7 Å². The zero-order chi connectivity index (χ0) is 12.0. The zero-order valence-electron chi connectivity index (χ0n) is 9.92. The topological polar surface area (TPSA) is 65.1 Å². The Labute approximate surface area is 96.1 Å². The highest BCUT2D eigenvalue weighted by Gasteiger charge is 2.25. The van der Waals surface area contributed by atoms with Crippen LogP contribution >= 0.6 is 0 Å². The number of carboxylic acid groups (broad SMARTS) is 1. The summed E-state index contributed by atoms with van der Waals surface area (Å²) in [7, 11) is 0. The molecule has 0 atom stereocenters. The summed E-state index contributed by atoms with van der Waals surface area (Å²) in [6, 6.07) is 4.02. The summed E-state index contributed by atoms with van der Waals surface area (Å²) in [5.74, 6) is -0.737. The molecule has 4 heteroatoms. The molecular weight excluding hydrogens is 204 g/mol. The van der Waals surface area contributed by atoms with Crippen LogP contribution < -0.4 is 5.32 Å². The van der Waals surface area contributed by atoms with Crippen molar-refractivity contribution in [1.82, 2.24) is 10.3 Å². The monoisotopic (exact) mass is 224 g/mol. The van der Waals surface area contributed by atoms with Gasteiger partial charge in [0, 0.05) is 18.4 Å². The van der Waals surface area contributed by atoms with Gasteiger partial charge < -0.3 is 15.4 Å². The smallest absolute Gasteiger partial charge is 0.309 e. The highest BCUT2D eigenvalue weighted by Crippen LogP contribution is 2.19. The van der Waals surface area contributed by atoms with Crippen LogP contribution in [0.15, 0.2) is 18.3 Å². The van der Waals surface area contributed by atoms with Crippen LogP contribution in [0.3, 0.4) is 0 Å². The molecule has 90 valence electrons. The fourth-order valence-electron chi connectivity index (χ4n) is 1.38. The Morgan fingerprint density at radius 3 is 2.81 bits per heavy atom. The summed E-state index contributed by atoms with van der Waals surface area (Å²) < 4.78 is 0. The Balaban J connectivity index is 2.10. The lowest BCUT2D eigenvalue weighted by molar-refractivity contribution is -0.147. The molecule has 0 amide bonds. The summed E-state index contributed by atoms with van der Waals surface area (Å²) in [6.07, 6.45) is 3.50. The van der Waals surface area contributed by atoms with Crippen molar-refractivity contribution in [1.29, 1.82) is 0 Å². The van der Waals surface area contributed by atoms with Gasteiger partial charge >= 0.3 is 5.97 Å². The average Bonchev–Trinajstić information content (AvgIpc) is 2.69. The Bertz CT molecular complexity index is 318. The van der Waals surface area contributed by atoms with E-state index in [4.69, 9.17) is 5.11 Å². The number of H-pyrrole nitrogens is 1. The maximum atomic E-state index is 10.8. The molecule has 0 spiro atoms. The van der Waals surface area contributed by atoms with Crippen molar-refractivity contribution in [3.8, 4) is 0 Å². The first kappa shape index (κ1) is 12.8. The van der Waals surface area contributed by atoms with E-state index in [2.05, 4.69) is 10.3 Å². The highest BCUT2D eigenvalue weighted by molar-refractivity contribution is 5.73. The third kappa shape index (κ3) is 4.06. The fraction of sp³-hybridized carbons (Fsp3) is 0.583. The van der Waals surface area contributed by atoms with Gasteiger partial charge in [-0.2, -0.15) is 0 Å². The van der Waals surface area contributed by atoms with E-state index in [0.717, 1.165) is 19.5 Å². The standard InChI is InChI=1S/C12H20N2O2/c1-12(2,11(15)16)6-9-13-8-5-10-4-3-7-14-10/h3-4,7,13-14H,5-6,8-9H2,1-2H3,(H,15,16). The molecule has 4 nitrogen and oxygen atoms in total. The van der Waals surface area contributed by atoms with Crippen molar-refractivity contribution in [3.05, 3.63) is 24.0 Å². The van der Waals surface area contributed by atoms with Gasteiger partial charge in [-0.05, 0) is 45.4 Å². The number of carboxylic acids is 1. The first-order valence-electron chi connectivity index (χ1n) is 5.59. The van der Waals surface area contributed by atoms with Crippen LogP contribution in [0.2, 0.25) is 0 Å². The van der Waals surface area contributed by atoms with E-state index in [1.165, 1.54) is 5.69 Å². The van der Waals surface area contributed by atoms with Crippen LogP contribution in [0.5, 0.6) is 0 Å². The Hall–Kier alpha value is -1.29. The second kappa shape index (κ2) is 5.70. The van der Waals surface area contributed by atoms with E-state index in [0.29, 0.717) is 6.42 Å². The molecule has 16 heavy (non-hydrogen) atoms. The quantitative estimate of drug-likeness (QED) is 0.617. The van der Waals surface area contributed by atoms with E-state index in [9.17, 15) is 4.79 Å². The number of nitrogens with one attached hydrogen (secondary N) is 2. The molecule has 0 fully saturated rings. The van der Waals surface area contributed by atoms with Crippen molar-refractivity contribution in [2.75, 3.05) is 13.1 Å². The lowest BCUT2D eigenvalue weighted by atomic mass is 9.90. The molecule has 0 unspecified atom stereocenters. The molecule has 0 radical (unpaired) electrons. The van der Waals surface area contributed by atoms with E-state index in [1.807, 2.05) is 18.3 Å². The van der Waals surface area contributed by atoms with E-state index in [-0.39, 0.29) is 0 Å². The SMILES string of the molecule is CC(C)(CCNCCc1ccc[nH]1)C(=O)O. The number of rotatable bonds is 7. The van der Waals surface area contributed by atoms with Crippen LogP contribution in [0.1, 0.15) is 26.0 Å². The van der Waals surface area contributed by atoms with Crippen LogP contribution in [0.4, 0.5) is 0 Å². The molecule has 0 saturated carbocycles. The molecule has 0 aliphatic heterocycles. The first-order valence-corrected chi connectivity index (χ1v) is 5.59. The molecule has 0 aliphatic carbocycles. The molecule has 0 bridgehead atoms. The predicted octanol–water partition coefficient (Wildman–Crippen LogP) is 1.65. The lowest BCUT2D eigenvalue weighted by Gasteiger charge is -2.18. The van der Waals surface area contributed by atoms with Gasteiger partial charge in [0.15, 0.2) is 0 Å². The second-order valence-electron chi connectivity index (χ2n) is 4.63. The fourth-order valence-corrected chi connectivity index (χ4v) is 1.38. The van der Waals surface area contributed by atoms with Gasteiger partial charge in [-0.3, -0.25) is 4.79 Å². The van der Waals surface area contributed by atoms with Crippen molar-refractivity contribution < 1.29 is 9.90 Å². The Kier molecular flexibility index (Phi) is 4.55. The van der Waals surface area contributed by atoms with E-state index in [1.54, 1.807) is 13.8 Å². The van der Waals surface area contributed by atoms with Crippen molar-refractivity contribution in [2.24, 2.45) is 5.41 Å². The van der Waals surface area contributed by atoms with Crippen LogP contribution in [0.25, 0.3) is 0 Å². The molecule has 0 saturated heterocycles. The summed E-state index contributed by atoms with van der Waals surface area (Å²) >= 11 is 0. The van der Waals surface area contributed by atoms with Gasteiger partial charge in [-0.15, -0.1) is 0 Å². The van der Waals surface area contributed by atoms with Gasteiger partial charge in [0.05, 0.1) is 5.41 Å². The van der Waals surface area contributed by atoms with Gasteiger partial charge in [0.2, 0.25) is 0 Å². The molecule has 1 heterocycles. The summed E-state index contributed by atoms with van der Waals surface area (Å²) in [5.41, 5.74) is 0.560. The number of hydrogen-bond acceptors (Lipinski definition) is 2. The van der Waals surface area contributed by atoms with Gasteiger partial charge in [-0.25, -0.2) is 0 Å². The molecule has 0 aliphatic rings. The van der Waals surface area contributed by atoms with Crippen molar-refractivity contribution in [3.63, 3.8) is 0 Å². The highest BCUT2D eigenvalue weighted by atomic mass is 16.4. The minimum atomic E-state index is -0.737. The lowest BCUT2D eigenvalue weighted by Crippen LogP contribution is -2.29. The molecule has 1 rings (SSSR count). The molecule has 0 aromatic carbocycles. The third-order valence-electron chi connectivity index (χ3n) is 2.74. The molecule has 1 aromatic rings. The average molecular weight is 224 g/mol. The summed E-state index contributed by atoms with van der Waals surface area (Å²) in [5, 5.41) is 12.2. The maximum absolute atomic E-state index is 10.8. The molecule has 3 N–H and O–H groups in total. The largest absolute Gasteiger partial charge is 0.481 e. The van der Waals surface area contributed by atoms with E-state index >= 15 is 0 Å². The zero-order valence-corrected chi connectivity index (χ0v) is 9.92. The summed E-state index contributed by atoms with van der Waals surface area (Å²) in [4.78, 5) is 14.0. The number of hydrogen-bond donors (Lipinski definition) is 3. The number of aromatic amines is 1. The van der Waals surface area contributed by atoms with Crippen LogP contribution in [-0.2, 0) is 11.2 Å². The minimum absolute atomic E-state index is 0.639. The predicted molar refractivity (Wildman–Crippen MR) is 63.4 cm³/mol. The van der Waals surface area contributed by atoms with E-state index < -0.39 is 11.4 Å². The van der Waals surface area contributed by atoms with Crippen LogP contribution in [-0.4, -0.2) is 29.1 Å². The maximum Gasteiger partial charge on any atom is 0.309 e. The summed E-state index contributed by atoms with van der Waals surface area (Å²) in [6.45, 7) is 5.11. The third-order valence-corrected chi connectivity index (χ3v) is 2.74. The number of aromatic nitrogens is 1. The normalized spacial score (nSPS) is 11.6. The number of carbonyl (C=O) groups is 1. The Morgan fingerprint density at radius 1 is 1.50 bits per heavy atom. The molecule has 1 aromatic heterocycles. The second-order valence-corrected chi connectivity index (χ2v) is 4.63. The Morgan fingerprint density at radius 2 is 2.25 bits per heavy atom. The van der Waals surface area contributed by atoms with Crippen molar-refractivity contribution >= 4 is 5.97 Å². The minimum Gasteiger partial charge on any atom is -0.481 e. The molecular formula is C12H20N2O2. The van der Waals surface area contributed by atoms with Gasteiger partial charge in [0.1, 0.15) is 0 Å². The van der Waals surface area contributed by atoms with Gasteiger partial charge in [0.25, 0.3) is 0 Å². The first-order chi connectivity index (χ1) is 7.52. The van der Waals surface area contributed by atoms with Crippen LogP contribution in [0, 0.1) is 5.41 Å².